The number of allylic oxidation sites excluding steroid dienone is 1. The van der Waals surface area contributed by atoms with Gasteiger partial charge in [0.25, 0.3) is 0 Å². The first kappa shape index (κ1) is 17.0. The standard InChI is InChI=1S/C19H36N2/c1-4-19(5-2,21-15-11-12-16-21)18(20-6-3)17-13-9-7-8-10-14-17/h13,18,20H,4-12,14-16H2,1-3H3. The predicted octanol–water partition coefficient (Wildman–Crippen LogP) is 4.51. The maximum Gasteiger partial charge on any atom is 0.0466 e. The molecule has 1 heterocycles. The summed E-state index contributed by atoms with van der Waals surface area (Å²) in [6.07, 6.45) is 14.7. The fraction of sp³-hybridized carbons (Fsp3) is 0.895. The van der Waals surface area contributed by atoms with Crippen molar-refractivity contribution in [3.63, 3.8) is 0 Å². The van der Waals surface area contributed by atoms with E-state index in [0.717, 1.165) is 6.54 Å². The van der Waals surface area contributed by atoms with Crippen molar-refractivity contribution in [2.24, 2.45) is 0 Å². The van der Waals surface area contributed by atoms with E-state index in [1.54, 1.807) is 5.57 Å². The molecule has 1 aliphatic heterocycles. The quantitative estimate of drug-likeness (QED) is 0.695. The molecule has 0 spiro atoms. The SMILES string of the molecule is CCNC(C1=CCCCCC1)C(CC)(CC)N1CCCC1. The molecule has 1 aliphatic carbocycles. The molecular weight excluding hydrogens is 256 g/mol. The molecule has 1 unspecified atom stereocenters. The average molecular weight is 293 g/mol. The third kappa shape index (κ3) is 3.71. The van der Waals surface area contributed by atoms with Crippen LogP contribution in [-0.4, -0.2) is 36.1 Å². The zero-order valence-corrected chi connectivity index (χ0v) is 14.6. The smallest absolute Gasteiger partial charge is 0.0466 e. The van der Waals surface area contributed by atoms with Gasteiger partial charge in [0.05, 0.1) is 0 Å². The van der Waals surface area contributed by atoms with E-state index < -0.39 is 0 Å². The van der Waals surface area contributed by atoms with Crippen molar-refractivity contribution in [2.75, 3.05) is 19.6 Å². The Morgan fingerprint density at radius 2 is 1.76 bits per heavy atom. The van der Waals surface area contributed by atoms with Crippen LogP contribution >= 0.6 is 0 Å². The maximum absolute atomic E-state index is 3.89. The summed E-state index contributed by atoms with van der Waals surface area (Å²) in [4.78, 5) is 2.81. The summed E-state index contributed by atoms with van der Waals surface area (Å²) in [5.41, 5.74) is 2.05. The van der Waals surface area contributed by atoms with Crippen LogP contribution in [0.4, 0.5) is 0 Å². The maximum atomic E-state index is 3.89. The van der Waals surface area contributed by atoms with Gasteiger partial charge in [0.2, 0.25) is 0 Å². The van der Waals surface area contributed by atoms with Crippen LogP contribution in [0, 0.1) is 0 Å². The molecular formula is C19H36N2. The number of nitrogens with zero attached hydrogens (tertiary/aromatic N) is 1. The molecule has 0 saturated carbocycles. The van der Waals surface area contributed by atoms with Crippen molar-refractivity contribution >= 4 is 0 Å². The van der Waals surface area contributed by atoms with Gasteiger partial charge in [0.1, 0.15) is 0 Å². The molecule has 2 aliphatic rings. The molecule has 1 saturated heterocycles. The molecule has 1 atom stereocenters. The molecule has 0 aromatic carbocycles. The minimum absolute atomic E-state index is 0.336. The lowest BCUT2D eigenvalue weighted by Crippen LogP contribution is -2.60. The topological polar surface area (TPSA) is 15.3 Å². The van der Waals surface area contributed by atoms with Crippen molar-refractivity contribution < 1.29 is 0 Å². The average Bonchev–Trinajstić information content (AvgIpc) is 2.92. The van der Waals surface area contributed by atoms with Crippen LogP contribution in [0.3, 0.4) is 0 Å². The van der Waals surface area contributed by atoms with Crippen LogP contribution in [0.5, 0.6) is 0 Å². The molecule has 1 N–H and O–H groups in total. The van der Waals surface area contributed by atoms with Gasteiger partial charge >= 0.3 is 0 Å². The number of hydrogen-bond acceptors (Lipinski definition) is 2. The largest absolute Gasteiger partial charge is 0.309 e. The van der Waals surface area contributed by atoms with Gasteiger partial charge in [-0.1, -0.05) is 38.8 Å². The highest BCUT2D eigenvalue weighted by molar-refractivity contribution is 5.21. The normalized spacial score (nSPS) is 22.9. The van der Waals surface area contributed by atoms with Crippen LogP contribution in [0.25, 0.3) is 0 Å². The summed E-state index contributed by atoms with van der Waals surface area (Å²) in [6, 6.07) is 0.564. The van der Waals surface area contributed by atoms with E-state index in [0.29, 0.717) is 11.6 Å². The van der Waals surface area contributed by atoms with Gasteiger partial charge in [-0.3, -0.25) is 4.90 Å². The first-order chi connectivity index (χ1) is 10.3. The molecule has 0 amide bonds. The Morgan fingerprint density at radius 3 is 2.38 bits per heavy atom. The number of likely N-dealkylation sites (tertiary alicyclic amines) is 1. The van der Waals surface area contributed by atoms with Gasteiger partial charge in [0, 0.05) is 11.6 Å². The second-order valence-corrected chi connectivity index (χ2v) is 6.87. The van der Waals surface area contributed by atoms with Crippen LogP contribution < -0.4 is 5.32 Å². The third-order valence-corrected chi connectivity index (χ3v) is 5.85. The second kappa shape index (κ2) is 8.33. The summed E-state index contributed by atoms with van der Waals surface area (Å²) in [6.45, 7) is 10.8. The van der Waals surface area contributed by atoms with Gasteiger partial charge in [-0.05, 0) is 71.0 Å². The van der Waals surface area contributed by atoms with Crippen molar-refractivity contribution in [2.45, 2.75) is 90.1 Å². The minimum atomic E-state index is 0.336. The molecule has 2 heteroatoms. The molecule has 122 valence electrons. The van der Waals surface area contributed by atoms with E-state index in [4.69, 9.17) is 0 Å². The lowest BCUT2D eigenvalue weighted by Gasteiger charge is -2.48. The van der Waals surface area contributed by atoms with Crippen LogP contribution in [-0.2, 0) is 0 Å². The van der Waals surface area contributed by atoms with Crippen molar-refractivity contribution in [3.05, 3.63) is 11.6 Å². The Bertz CT molecular complexity index is 324. The van der Waals surface area contributed by atoms with E-state index in [2.05, 4.69) is 37.1 Å². The van der Waals surface area contributed by atoms with Crippen LogP contribution in [0.15, 0.2) is 11.6 Å². The fourth-order valence-electron chi connectivity index (χ4n) is 4.62. The molecule has 1 fully saturated rings. The third-order valence-electron chi connectivity index (χ3n) is 5.85. The first-order valence-corrected chi connectivity index (χ1v) is 9.45. The van der Waals surface area contributed by atoms with Gasteiger partial charge < -0.3 is 5.32 Å². The zero-order valence-electron chi connectivity index (χ0n) is 14.6. The lowest BCUT2D eigenvalue weighted by atomic mass is 9.77. The Balaban J connectivity index is 2.28. The molecule has 21 heavy (non-hydrogen) atoms. The first-order valence-electron chi connectivity index (χ1n) is 9.45. The van der Waals surface area contributed by atoms with Gasteiger partial charge in [-0.2, -0.15) is 0 Å². The van der Waals surface area contributed by atoms with Crippen LogP contribution in [0.1, 0.15) is 78.6 Å². The molecule has 0 aromatic rings. The molecule has 2 nitrogen and oxygen atoms in total. The number of hydrogen-bond donors (Lipinski definition) is 1. The highest BCUT2D eigenvalue weighted by Gasteiger charge is 2.43. The summed E-state index contributed by atoms with van der Waals surface area (Å²) in [7, 11) is 0. The molecule has 0 bridgehead atoms. The Labute approximate surface area is 132 Å². The Morgan fingerprint density at radius 1 is 1.05 bits per heavy atom. The van der Waals surface area contributed by atoms with E-state index in [9.17, 15) is 0 Å². The predicted molar refractivity (Wildman–Crippen MR) is 92.8 cm³/mol. The van der Waals surface area contributed by atoms with E-state index in [1.165, 1.54) is 70.9 Å². The second-order valence-electron chi connectivity index (χ2n) is 6.87. The minimum Gasteiger partial charge on any atom is -0.309 e. The summed E-state index contributed by atoms with van der Waals surface area (Å²) in [5.74, 6) is 0. The molecule has 2 rings (SSSR count). The van der Waals surface area contributed by atoms with Gasteiger partial charge in [-0.15, -0.1) is 0 Å². The lowest BCUT2D eigenvalue weighted by molar-refractivity contribution is 0.0742. The Kier molecular flexibility index (Phi) is 6.75. The molecule has 0 radical (unpaired) electrons. The van der Waals surface area contributed by atoms with Crippen molar-refractivity contribution in [3.8, 4) is 0 Å². The zero-order chi connectivity index (χ0) is 15.1. The Hall–Kier alpha value is -0.340. The number of rotatable bonds is 7. The molecule has 0 aromatic heterocycles. The summed E-state index contributed by atoms with van der Waals surface area (Å²) >= 11 is 0. The highest BCUT2D eigenvalue weighted by Crippen LogP contribution is 2.36. The van der Waals surface area contributed by atoms with E-state index in [-0.39, 0.29) is 0 Å². The van der Waals surface area contributed by atoms with Crippen molar-refractivity contribution in [1.29, 1.82) is 0 Å². The number of nitrogens with one attached hydrogen (secondary N) is 1. The van der Waals surface area contributed by atoms with Gasteiger partial charge in [0.15, 0.2) is 0 Å². The number of likely N-dealkylation sites (N-methyl/N-ethyl adjacent to an activating group) is 1. The van der Waals surface area contributed by atoms with Gasteiger partial charge in [-0.25, -0.2) is 0 Å². The fourth-order valence-corrected chi connectivity index (χ4v) is 4.62. The summed E-state index contributed by atoms with van der Waals surface area (Å²) < 4.78 is 0. The monoisotopic (exact) mass is 292 g/mol. The van der Waals surface area contributed by atoms with Crippen molar-refractivity contribution in [1.82, 2.24) is 10.2 Å². The highest BCUT2D eigenvalue weighted by atomic mass is 15.2. The van der Waals surface area contributed by atoms with E-state index in [1.807, 2.05) is 0 Å². The van der Waals surface area contributed by atoms with E-state index >= 15 is 0 Å². The van der Waals surface area contributed by atoms with Crippen LogP contribution in [0.2, 0.25) is 0 Å². The summed E-state index contributed by atoms with van der Waals surface area (Å²) in [5, 5.41) is 3.89.